The number of rotatable bonds is 25. The Hall–Kier alpha value is -1.92. The Bertz CT molecular complexity index is 580. The molecule has 0 aliphatic carbocycles. The predicted molar refractivity (Wildman–Crippen MR) is 141 cm³/mol. The maximum absolute atomic E-state index is 12.4. The van der Waals surface area contributed by atoms with Crippen LogP contribution in [0.1, 0.15) is 148 Å². The van der Waals surface area contributed by atoms with Crippen molar-refractivity contribution in [3.05, 3.63) is 0 Å². The van der Waals surface area contributed by atoms with E-state index in [1.165, 1.54) is 51.4 Å². The second-order valence-electron chi connectivity index (χ2n) is 9.85. The summed E-state index contributed by atoms with van der Waals surface area (Å²) < 4.78 is 0. The van der Waals surface area contributed by atoms with E-state index in [0.29, 0.717) is 19.3 Å². The molecule has 0 radical (unpaired) electrons. The minimum atomic E-state index is -1.14. The zero-order valence-corrected chi connectivity index (χ0v) is 22.4. The van der Waals surface area contributed by atoms with Crippen molar-refractivity contribution < 1.29 is 24.3 Å². The molecule has 0 saturated carbocycles. The zero-order chi connectivity index (χ0) is 26.2. The lowest BCUT2D eigenvalue weighted by Gasteiger charge is -2.19. The van der Waals surface area contributed by atoms with Crippen LogP contribution in [0.5, 0.6) is 0 Å². The molecule has 35 heavy (non-hydrogen) atoms. The van der Waals surface area contributed by atoms with Gasteiger partial charge in [-0.05, 0) is 19.3 Å². The Labute approximate surface area is 213 Å². The molecule has 0 fully saturated rings. The minimum Gasteiger partial charge on any atom is -0.480 e. The van der Waals surface area contributed by atoms with Gasteiger partial charge in [0.25, 0.3) is 0 Å². The van der Waals surface area contributed by atoms with E-state index >= 15 is 0 Å². The third-order valence-electron chi connectivity index (χ3n) is 6.45. The largest absolute Gasteiger partial charge is 0.480 e. The van der Waals surface area contributed by atoms with Gasteiger partial charge in [0, 0.05) is 19.3 Å². The van der Waals surface area contributed by atoms with Crippen molar-refractivity contribution in [1.29, 1.82) is 0 Å². The van der Waals surface area contributed by atoms with Gasteiger partial charge in [0.2, 0.25) is 17.7 Å². The third-order valence-corrected chi connectivity index (χ3v) is 6.45. The highest BCUT2D eigenvalue weighted by atomic mass is 16.4. The molecule has 0 aromatic carbocycles. The van der Waals surface area contributed by atoms with Crippen LogP contribution in [0.2, 0.25) is 0 Å². The van der Waals surface area contributed by atoms with E-state index in [-0.39, 0.29) is 30.6 Å². The highest BCUT2D eigenvalue weighted by molar-refractivity contribution is 5.97. The van der Waals surface area contributed by atoms with Gasteiger partial charge in [-0.2, -0.15) is 0 Å². The van der Waals surface area contributed by atoms with Gasteiger partial charge in [0.05, 0.1) is 0 Å². The van der Waals surface area contributed by atoms with Crippen LogP contribution < -0.4 is 5.73 Å². The molecular formula is C28H52N2O5. The Balaban J connectivity index is 3.72. The first-order chi connectivity index (χ1) is 16.9. The van der Waals surface area contributed by atoms with Crippen LogP contribution in [0.4, 0.5) is 0 Å². The second kappa shape index (κ2) is 23.8. The van der Waals surface area contributed by atoms with E-state index < -0.39 is 12.5 Å². The summed E-state index contributed by atoms with van der Waals surface area (Å²) in [5, 5.41) is 9.08. The van der Waals surface area contributed by atoms with Crippen LogP contribution in [-0.4, -0.2) is 40.2 Å². The van der Waals surface area contributed by atoms with E-state index in [9.17, 15) is 19.2 Å². The first-order valence-corrected chi connectivity index (χ1v) is 14.2. The van der Waals surface area contributed by atoms with Crippen LogP contribution >= 0.6 is 0 Å². The van der Waals surface area contributed by atoms with Gasteiger partial charge in [-0.3, -0.25) is 24.1 Å². The fourth-order valence-corrected chi connectivity index (χ4v) is 4.30. The molecule has 0 aliphatic rings. The van der Waals surface area contributed by atoms with Crippen LogP contribution in [0, 0.1) is 0 Å². The summed E-state index contributed by atoms with van der Waals surface area (Å²) in [6.45, 7) is 1.60. The molecule has 0 unspecified atom stereocenters. The molecule has 0 bridgehead atoms. The molecule has 3 amide bonds. The van der Waals surface area contributed by atoms with E-state index in [1.807, 2.05) is 0 Å². The molecule has 7 heteroatoms. The number of primary amides is 1. The summed E-state index contributed by atoms with van der Waals surface area (Å²) in [5.74, 6) is -2.04. The summed E-state index contributed by atoms with van der Waals surface area (Å²) in [7, 11) is 0. The maximum Gasteiger partial charge on any atom is 0.323 e. The van der Waals surface area contributed by atoms with Crippen molar-refractivity contribution in [2.45, 2.75) is 148 Å². The number of carboxylic acid groups (broad SMARTS) is 1. The number of amides is 3. The van der Waals surface area contributed by atoms with Crippen LogP contribution in [-0.2, 0) is 19.2 Å². The molecule has 0 saturated heterocycles. The summed E-state index contributed by atoms with van der Waals surface area (Å²) in [4.78, 5) is 47.5. The number of imide groups is 1. The highest BCUT2D eigenvalue weighted by Gasteiger charge is 2.22. The number of hydrogen-bond donors (Lipinski definition) is 2. The zero-order valence-electron chi connectivity index (χ0n) is 22.4. The van der Waals surface area contributed by atoms with Crippen LogP contribution in [0.3, 0.4) is 0 Å². The van der Waals surface area contributed by atoms with Gasteiger partial charge < -0.3 is 10.8 Å². The van der Waals surface area contributed by atoms with Crippen molar-refractivity contribution in [3.63, 3.8) is 0 Å². The SMILES string of the molecule is CCCCCCCC(=O)N(CC(=O)O)C(=O)CCCCCCCCCCCCCCCCC(N)=O. The molecule has 0 heterocycles. The summed E-state index contributed by atoms with van der Waals surface area (Å²) in [6.07, 6.45) is 21.9. The lowest BCUT2D eigenvalue weighted by atomic mass is 10.0. The fraction of sp³-hybridized carbons (Fsp3) is 0.857. The van der Waals surface area contributed by atoms with Gasteiger partial charge >= 0.3 is 5.97 Å². The molecule has 0 aromatic rings. The van der Waals surface area contributed by atoms with Crippen LogP contribution in [0.15, 0.2) is 0 Å². The van der Waals surface area contributed by atoms with Crippen molar-refractivity contribution in [2.24, 2.45) is 5.73 Å². The van der Waals surface area contributed by atoms with Crippen LogP contribution in [0.25, 0.3) is 0 Å². The predicted octanol–water partition coefficient (Wildman–Crippen LogP) is 6.51. The van der Waals surface area contributed by atoms with Gasteiger partial charge in [-0.1, -0.05) is 110 Å². The van der Waals surface area contributed by atoms with E-state index in [0.717, 1.165) is 62.7 Å². The molecule has 3 N–H and O–H groups in total. The lowest BCUT2D eigenvalue weighted by Crippen LogP contribution is -2.40. The average Bonchev–Trinajstić information content (AvgIpc) is 2.81. The van der Waals surface area contributed by atoms with Gasteiger partial charge in [-0.25, -0.2) is 0 Å². The summed E-state index contributed by atoms with van der Waals surface area (Å²) in [5.41, 5.74) is 5.13. The third kappa shape index (κ3) is 22.3. The number of carbonyl (C=O) groups excluding carboxylic acids is 3. The maximum atomic E-state index is 12.4. The lowest BCUT2D eigenvalue weighted by molar-refractivity contribution is -0.152. The number of nitrogens with zero attached hydrogens (tertiary/aromatic N) is 1. The van der Waals surface area contributed by atoms with E-state index in [4.69, 9.17) is 10.8 Å². The quantitative estimate of drug-likeness (QED) is 0.140. The first-order valence-electron chi connectivity index (χ1n) is 14.2. The van der Waals surface area contributed by atoms with Crippen molar-refractivity contribution in [1.82, 2.24) is 4.90 Å². The molecule has 0 rings (SSSR count). The number of hydrogen-bond acceptors (Lipinski definition) is 4. The summed E-state index contributed by atoms with van der Waals surface area (Å²) in [6, 6.07) is 0. The summed E-state index contributed by atoms with van der Waals surface area (Å²) >= 11 is 0. The first kappa shape index (κ1) is 33.1. The van der Waals surface area contributed by atoms with Crippen molar-refractivity contribution in [2.75, 3.05) is 6.54 Å². The Kier molecular flexibility index (Phi) is 22.5. The van der Waals surface area contributed by atoms with E-state index in [1.54, 1.807) is 0 Å². The smallest absolute Gasteiger partial charge is 0.323 e. The Morgan fingerprint density at radius 3 is 1.17 bits per heavy atom. The second-order valence-corrected chi connectivity index (χ2v) is 9.85. The fourth-order valence-electron chi connectivity index (χ4n) is 4.30. The van der Waals surface area contributed by atoms with E-state index in [2.05, 4.69) is 6.92 Å². The molecular weight excluding hydrogens is 444 g/mol. The molecule has 0 spiro atoms. The van der Waals surface area contributed by atoms with Gasteiger partial charge in [-0.15, -0.1) is 0 Å². The number of nitrogens with two attached hydrogens (primary N) is 1. The molecule has 0 aliphatic heterocycles. The normalized spacial score (nSPS) is 10.9. The standard InChI is InChI=1S/C28H52N2O5/c1-2-3-4-15-19-22-26(32)30(24-28(34)35)27(33)23-20-17-14-12-10-8-6-5-7-9-11-13-16-18-21-25(29)31/h2-24H2,1H3,(H2,29,31)(H,34,35). The number of carboxylic acids is 1. The highest BCUT2D eigenvalue weighted by Crippen LogP contribution is 2.14. The minimum absolute atomic E-state index is 0.198. The number of unbranched alkanes of at least 4 members (excludes halogenated alkanes) is 17. The Morgan fingerprint density at radius 2 is 0.857 bits per heavy atom. The Morgan fingerprint density at radius 1 is 0.543 bits per heavy atom. The van der Waals surface area contributed by atoms with Gasteiger partial charge in [0.15, 0.2) is 0 Å². The number of carbonyl (C=O) groups is 4. The average molecular weight is 497 g/mol. The topological polar surface area (TPSA) is 118 Å². The molecule has 7 nitrogen and oxygen atoms in total. The van der Waals surface area contributed by atoms with Crippen molar-refractivity contribution >= 4 is 23.7 Å². The number of aliphatic carboxylic acids is 1. The van der Waals surface area contributed by atoms with Crippen molar-refractivity contribution in [3.8, 4) is 0 Å². The monoisotopic (exact) mass is 496 g/mol. The molecule has 0 aromatic heterocycles. The molecule has 204 valence electrons. The molecule has 0 atom stereocenters. The van der Waals surface area contributed by atoms with Gasteiger partial charge in [0.1, 0.15) is 6.54 Å².